The summed E-state index contributed by atoms with van der Waals surface area (Å²) in [7, 11) is 0. The maximum atomic E-state index is 10.7. The first kappa shape index (κ1) is 7.08. The Kier molecular flexibility index (Phi) is 1.63. The quantitative estimate of drug-likeness (QED) is 0.574. The molecule has 0 unspecified atom stereocenters. The second kappa shape index (κ2) is 2.30. The lowest BCUT2D eigenvalue weighted by atomic mass is 10.4. The van der Waals surface area contributed by atoms with Crippen LogP contribution in [-0.2, 0) is 0 Å². The lowest BCUT2D eigenvalue weighted by Crippen LogP contribution is -2.26. The Labute approximate surface area is 61.2 Å². The van der Waals surface area contributed by atoms with Crippen LogP contribution in [0.2, 0.25) is 0 Å². The summed E-state index contributed by atoms with van der Waals surface area (Å²) in [5.41, 5.74) is -0.603. The van der Waals surface area contributed by atoms with Crippen LogP contribution < -0.4 is 11.2 Å². The fraction of sp³-hybridized carbons (Fsp3) is 0.200. The van der Waals surface area contributed by atoms with Gasteiger partial charge in [0.15, 0.2) is 0 Å². The highest BCUT2D eigenvalue weighted by molar-refractivity contribution is 6.15. The zero-order valence-electron chi connectivity index (χ0n) is 5.22. The van der Waals surface area contributed by atoms with Crippen LogP contribution in [0.3, 0.4) is 0 Å². The number of hydrogen-bond donors (Lipinski definition) is 1. The van der Waals surface area contributed by atoms with E-state index in [9.17, 15) is 9.59 Å². The largest absolute Gasteiger partial charge is 0.343 e. The Morgan fingerprint density at radius 3 is 2.70 bits per heavy atom. The molecule has 0 atom stereocenters. The van der Waals surface area contributed by atoms with Crippen molar-refractivity contribution in [3.05, 3.63) is 32.6 Å². The van der Waals surface area contributed by atoms with Crippen molar-refractivity contribution < 1.29 is 0 Å². The summed E-state index contributed by atoms with van der Waals surface area (Å²) in [5.74, 6) is 0. The van der Waals surface area contributed by atoms with Crippen LogP contribution in [-0.4, -0.2) is 9.07 Å². The number of aryl methyl sites for hydroxylation is 1. The third kappa shape index (κ3) is 1.11. The number of hydrogen-bond acceptors (Lipinski definition) is 2. The molecule has 1 rings (SSSR count). The minimum Gasteiger partial charge on any atom is -0.273 e. The molecule has 0 spiro atoms. The Bertz CT molecular complexity index is 320. The van der Waals surface area contributed by atoms with E-state index in [1.54, 1.807) is 6.92 Å². The number of halogens is 1. The number of aromatic amines is 1. The minimum atomic E-state index is -0.614. The summed E-state index contributed by atoms with van der Waals surface area (Å²) in [6.45, 7) is 1.57. The highest BCUT2D eigenvalue weighted by Gasteiger charge is 1.95. The molecule has 5 heteroatoms. The zero-order chi connectivity index (χ0) is 7.72. The van der Waals surface area contributed by atoms with Gasteiger partial charge in [-0.1, -0.05) is 0 Å². The SMILES string of the molecule is Cc1cn(Cl)c(=O)[nH]c1=O. The zero-order valence-corrected chi connectivity index (χ0v) is 5.97. The van der Waals surface area contributed by atoms with Gasteiger partial charge in [-0.25, -0.2) is 8.88 Å². The number of nitrogens with one attached hydrogen (secondary N) is 1. The molecule has 0 radical (unpaired) electrons. The molecular formula is C5H5ClN2O2. The molecule has 1 heterocycles. The first-order valence-corrected chi connectivity index (χ1v) is 2.94. The minimum absolute atomic E-state index is 0.401. The average Bonchev–Trinajstić information content (AvgIpc) is 1.84. The molecule has 54 valence electrons. The van der Waals surface area contributed by atoms with E-state index < -0.39 is 11.2 Å². The molecule has 0 bridgehead atoms. The van der Waals surface area contributed by atoms with E-state index in [1.165, 1.54) is 6.20 Å². The van der Waals surface area contributed by atoms with Gasteiger partial charge in [0.2, 0.25) is 0 Å². The van der Waals surface area contributed by atoms with Crippen molar-refractivity contribution in [3.63, 3.8) is 0 Å². The van der Waals surface area contributed by atoms with Crippen LogP contribution in [0.1, 0.15) is 5.56 Å². The summed E-state index contributed by atoms with van der Waals surface area (Å²) in [6.07, 6.45) is 1.27. The topological polar surface area (TPSA) is 54.9 Å². The summed E-state index contributed by atoms with van der Waals surface area (Å²) in [5, 5.41) is 0. The van der Waals surface area contributed by atoms with Gasteiger partial charge >= 0.3 is 5.69 Å². The highest BCUT2D eigenvalue weighted by Crippen LogP contribution is 1.83. The fourth-order valence-electron chi connectivity index (χ4n) is 0.536. The normalized spacial score (nSPS) is 9.80. The Morgan fingerprint density at radius 2 is 2.20 bits per heavy atom. The number of rotatable bonds is 0. The fourth-order valence-corrected chi connectivity index (χ4v) is 0.725. The van der Waals surface area contributed by atoms with Gasteiger partial charge in [0, 0.05) is 23.5 Å². The van der Waals surface area contributed by atoms with E-state index in [1.807, 2.05) is 4.98 Å². The van der Waals surface area contributed by atoms with Crippen molar-refractivity contribution in [3.8, 4) is 0 Å². The van der Waals surface area contributed by atoms with E-state index in [0.717, 1.165) is 4.09 Å². The van der Waals surface area contributed by atoms with Crippen molar-refractivity contribution in [1.29, 1.82) is 0 Å². The van der Waals surface area contributed by atoms with E-state index in [4.69, 9.17) is 11.8 Å². The lowest BCUT2D eigenvalue weighted by Gasteiger charge is -1.91. The molecule has 0 amide bonds. The number of aromatic nitrogens is 2. The monoisotopic (exact) mass is 160 g/mol. The molecule has 0 saturated carbocycles. The molecule has 0 aliphatic rings. The molecule has 0 saturated heterocycles. The van der Waals surface area contributed by atoms with Gasteiger partial charge < -0.3 is 0 Å². The molecule has 0 aliphatic heterocycles. The van der Waals surface area contributed by atoms with Crippen molar-refractivity contribution in [2.75, 3.05) is 0 Å². The van der Waals surface area contributed by atoms with Gasteiger partial charge in [-0.05, 0) is 6.92 Å². The van der Waals surface area contributed by atoms with Gasteiger partial charge in [-0.15, -0.1) is 0 Å². The van der Waals surface area contributed by atoms with Crippen molar-refractivity contribution in [2.24, 2.45) is 0 Å². The number of nitrogens with zero attached hydrogens (tertiary/aromatic N) is 1. The molecule has 0 aromatic carbocycles. The summed E-state index contributed by atoms with van der Waals surface area (Å²) in [4.78, 5) is 23.3. The maximum Gasteiger partial charge on any atom is 0.343 e. The van der Waals surface area contributed by atoms with Crippen LogP contribution >= 0.6 is 11.8 Å². The first-order valence-electron chi connectivity index (χ1n) is 2.60. The highest BCUT2D eigenvalue weighted by atomic mass is 35.5. The first-order chi connectivity index (χ1) is 4.61. The van der Waals surface area contributed by atoms with Crippen molar-refractivity contribution in [1.82, 2.24) is 9.07 Å². The van der Waals surface area contributed by atoms with Gasteiger partial charge in [0.05, 0.1) is 0 Å². The second-order valence-corrected chi connectivity index (χ2v) is 2.25. The second-order valence-electron chi connectivity index (χ2n) is 1.88. The Morgan fingerprint density at radius 1 is 1.60 bits per heavy atom. The maximum absolute atomic E-state index is 10.7. The molecule has 0 aliphatic carbocycles. The predicted octanol–water partition coefficient (Wildman–Crippen LogP) is -0.153. The molecule has 1 aromatic rings. The number of H-pyrrole nitrogens is 1. The van der Waals surface area contributed by atoms with E-state index in [-0.39, 0.29) is 0 Å². The van der Waals surface area contributed by atoms with Gasteiger partial charge in [-0.2, -0.15) is 0 Å². The smallest absolute Gasteiger partial charge is 0.273 e. The third-order valence-electron chi connectivity index (χ3n) is 1.08. The summed E-state index contributed by atoms with van der Waals surface area (Å²) >= 11 is 5.32. The summed E-state index contributed by atoms with van der Waals surface area (Å²) < 4.78 is 0.802. The van der Waals surface area contributed by atoms with Crippen molar-refractivity contribution in [2.45, 2.75) is 6.92 Å². The van der Waals surface area contributed by atoms with Gasteiger partial charge in [-0.3, -0.25) is 9.78 Å². The molecule has 10 heavy (non-hydrogen) atoms. The van der Waals surface area contributed by atoms with Crippen LogP contribution in [0.15, 0.2) is 15.8 Å². The third-order valence-corrected chi connectivity index (χ3v) is 1.33. The van der Waals surface area contributed by atoms with Gasteiger partial charge in [0.25, 0.3) is 5.56 Å². The van der Waals surface area contributed by atoms with E-state index >= 15 is 0 Å². The van der Waals surface area contributed by atoms with Crippen LogP contribution in [0.4, 0.5) is 0 Å². The Balaban J connectivity index is 3.59. The molecule has 1 aromatic heterocycles. The van der Waals surface area contributed by atoms with Crippen molar-refractivity contribution >= 4 is 11.8 Å². The van der Waals surface area contributed by atoms with Crippen LogP contribution in [0.5, 0.6) is 0 Å². The average molecular weight is 161 g/mol. The molecular weight excluding hydrogens is 156 g/mol. The lowest BCUT2D eigenvalue weighted by molar-refractivity contribution is 0.954. The van der Waals surface area contributed by atoms with Crippen LogP contribution in [0.25, 0.3) is 0 Å². The van der Waals surface area contributed by atoms with E-state index in [0.29, 0.717) is 5.56 Å². The molecule has 0 fully saturated rings. The standard InChI is InChI=1S/C5H5ClN2O2/c1-3-2-8(6)5(10)7-4(3)9/h2H,1H3,(H,7,9,10). The molecule has 1 N–H and O–H groups in total. The predicted molar refractivity (Wildman–Crippen MR) is 37.3 cm³/mol. The van der Waals surface area contributed by atoms with Crippen LogP contribution in [0, 0.1) is 6.92 Å². The Hall–Kier alpha value is -1.03. The van der Waals surface area contributed by atoms with Gasteiger partial charge in [0.1, 0.15) is 0 Å². The molecule has 4 nitrogen and oxygen atoms in total. The summed E-state index contributed by atoms with van der Waals surface area (Å²) in [6, 6.07) is 0. The van der Waals surface area contributed by atoms with E-state index in [2.05, 4.69) is 0 Å².